The number of aryl methyl sites for hydroxylation is 1. The van der Waals surface area contributed by atoms with E-state index >= 15 is 0 Å². The Morgan fingerprint density at radius 3 is 2.69 bits per heavy atom. The SMILES string of the molecule is COc1ccc(C)cc1NC(=O)C(C)Sc1nnc(N2CCCC2)n1-c1cccc(Cl)c1. The van der Waals surface area contributed by atoms with Gasteiger partial charge in [0.2, 0.25) is 11.9 Å². The third-order valence-corrected chi connectivity index (χ3v) is 6.61. The van der Waals surface area contributed by atoms with E-state index in [0.717, 1.165) is 43.1 Å². The van der Waals surface area contributed by atoms with Crippen LogP contribution in [0.1, 0.15) is 25.3 Å². The summed E-state index contributed by atoms with van der Waals surface area (Å²) in [5.74, 6) is 1.27. The average molecular weight is 472 g/mol. The third-order valence-electron chi connectivity index (χ3n) is 5.34. The number of hydrogen-bond donors (Lipinski definition) is 1. The molecule has 7 nitrogen and oxygen atoms in total. The second-order valence-corrected chi connectivity index (χ2v) is 9.49. The van der Waals surface area contributed by atoms with Crippen LogP contribution in [-0.2, 0) is 4.79 Å². The molecule has 1 N–H and O–H groups in total. The lowest BCUT2D eigenvalue weighted by atomic mass is 10.2. The van der Waals surface area contributed by atoms with Gasteiger partial charge in [-0.3, -0.25) is 9.36 Å². The molecule has 9 heteroatoms. The van der Waals surface area contributed by atoms with Gasteiger partial charge in [0.1, 0.15) is 5.75 Å². The Morgan fingerprint density at radius 1 is 1.19 bits per heavy atom. The van der Waals surface area contributed by atoms with Crippen LogP contribution >= 0.6 is 23.4 Å². The molecule has 4 rings (SSSR count). The zero-order valence-corrected chi connectivity index (χ0v) is 19.9. The van der Waals surface area contributed by atoms with Crippen molar-refractivity contribution in [1.29, 1.82) is 0 Å². The van der Waals surface area contributed by atoms with Crippen molar-refractivity contribution in [1.82, 2.24) is 14.8 Å². The summed E-state index contributed by atoms with van der Waals surface area (Å²) < 4.78 is 7.37. The van der Waals surface area contributed by atoms with E-state index in [1.54, 1.807) is 7.11 Å². The number of ether oxygens (including phenoxy) is 1. The van der Waals surface area contributed by atoms with Crippen molar-refractivity contribution >= 4 is 40.9 Å². The Hall–Kier alpha value is -2.71. The van der Waals surface area contributed by atoms with Gasteiger partial charge in [-0.25, -0.2) is 0 Å². The molecule has 2 heterocycles. The number of carbonyl (C=O) groups excluding carboxylic acids is 1. The van der Waals surface area contributed by atoms with Gasteiger partial charge in [-0.15, -0.1) is 10.2 Å². The predicted molar refractivity (Wildman–Crippen MR) is 129 cm³/mol. The zero-order chi connectivity index (χ0) is 22.7. The number of halogens is 1. The maximum Gasteiger partial charge on any atom is 0.237 e. The van der Waals surface area contributed by atoms with Gasteiger partial charge in [-0.1, -0.05) is 35.5 Å². The number of hydrogen-bond acceptors (Lipinski definition) is 6. The molecule has 0 bridgehead atoms. The number of carbonyl (C=O) groups is 1. The number of rotatable bonds is 7. The Balaban J connectivity index is 1.60. The minimum Gasteiger partial charge on any atom is -0.495 e. The van der Waals surface area contributed by atoms with Gasteiger partial charge < -0.3 is 15.0 Å². The zero-order valence-electron chi connectivity index (χ0n) is 18.3. The van der Waals surface area contributed by atoms with Crippen LogP contribution in [0.2, 0.25) is 5.02 Å². The second kappa shape index (κ2) is 9.83. The number of nitrogens with one attached hydrogen (secondary N) is 1. The standard InChI is InChI=1S/C23H26ClN5O2S/c1-15-9-10-20(31-3)19(13-15)25-21(30)16(2)32-23-27-26-22(28-11-4-5-12-28)29(23)18-8-6-7-17(24)14-18/h6-10,13-14,16H,4-5,11-12H2,1-3H3,(H,25,30). The van der Waals surface area contributed by atoms with E-state index in [-0.39, 0.29) is 5.91 Å². The van der Waals surface area contributed by atoms with E-state index < -0.39 is 5.25 Å². The Morgan fingerprint density at radius 2 is 1.97 bits per heavy atom. The molecule has 0 radical (unpaired) electrons. The fraction of sp³-hybridized carbons (Fsp3) is 0.348. The lowest BCUT2D eigenvalue weighted by Gasteiger charge is -2.19. The van der Waals surface area contributed by atoms with E-state index in [9.17, 15) is 4.79 Å². The van der Waals surface area contributed by atoms with Crippen LogP contribution in [0.25, 0.3) is 5.69 Å². The molecule has 32 heavy (non-hydrogen) atoms. The van der Waals surface area contributed by atoms with Crippen LogP contribution in [0.3, 0.4) is 0 Å². The third kappa shape index (κ3) is 4.86. The number of methoxy groups -OCH3 is 1. The average Bonchev–Trinajstić information content (AvgIpc) is 3.43. The number of thioether (sulfide) groups is 1. The molecule has 3 aromatic rings. The normalized spacial score (nSPS) is 14.4. The molecule has 1 fully saturated rings. The molecule has 0 aliphatic carbocycles. The Bertz CT molecular complexity index is 1110. The van der Waals surface area contributed by atoms with Gasteiger partial charge in [0.05, 0.1) is 23.7 Å². The highest BCUT2D eigenvalue weighted by atomic mass is 35.5. The summed E-state index contributed by atoms with van der Waals surface area (Å²) in [7, 11) is 1.59. The monoisotopic (exact) mass is 471 g/mol. The summed E-state index contributed by atoms with van der Waals surface area (Å²) in [6, 6.07) is 13.3. The van der Waals surface area contributed by atoms with Gasteiger partial charge in [0.25, 0.3) is 0 Å². The Labute approximate surface area is 197 Å². The molecule has 168 valence electrons. The van der Waals surface area contributed by atoms with Crippen LogP contribution in [0.4, 0.5) is 11.6 Å². The number of benzene rings is 2. The number of anilines is 2. The molecular formula is C23H26ClN5O2S. The van der Waals surface area contributed by atoms with Crippen LogP contribution in [0.15, 0.2) is 47.6 Å². The molecule has 1 saturated heterocycles. The van der Waals surface area contributed by atoms with E-state index in [2.05, 4.69) is 20.4 Å². The maximum absolute atomic E-state index is 13.0. The van der Waals surface area contributed by atoms with Crippen LogP contribution in [-0.4, -0.2) is 46.1 Å². The predicted octanol–water partition coefficient (Wildman–Crippen LogP) is 4.96. The fourth-order valence-electron chi connectivity index (χ4n) is 3.67. The molecule has 1 aliphatic rings. The van der Waals surface area contributed by atoms with Crippen molar-refractivity contribution in [3.05, 3.63) is 53.1 Å². The number of aromatic nitrogens is 3. The van der Waals surface area contributed by atoms with Gasteiger partial charge in [-0.05, 0) is 62.6 Å². The number of nitrogens with zero attached hydrogens (tertiary/aromatic N) is 4. The maximum atomic E-state index is 13.0. The molecule has 1 atom stereocenters. The van der Waals surface area contributed by atoms with E-state index in [1.807, 2.05) is 60.9 Å². The van der Waals surface area contributed by atoms with Gasteiger partial charge in [0.15, 0.2) is 5.16 Å². The van der Waals surface area contributed by atoms with Crippen molar-refractivity contribution in [2.75, 3.05) is 30.4 Å². The smallest absolute Gasteiger partial charge is 0.237 e. The highest BCUT2D eigenvalue weighted by molar-refractivity contribution is 8.00. The van der Waals surface area contributed by atoms with Crippen molar-refractivity contribution in [3.63, 3.8) is 0 Å². The second-order valence-electron chi connectivity index (χ2n) is 7.75. The minimum absolute atomic E-state index is 0.137. The van der Waals surface area contributed by atoms with Crippen molar-refractivity contribution < 1.29 is 9.53 Å². The minimum atomic E-state index is -0.409. The molecular weight excluding hydrogens is 446 g/mol. The summed E-state index contributed by atoms with van der Waals surface area (Å²) >= 11 is 7.63. The molecule has 0 spiro atoms. The lowest BCUT2D eigenvalue weighted by molar-refractivity contribution is -0.115. The van der Waals surface area contributed by atoms with Gasteiger partial charge >= 0.3 is 0 Å². The summed E-state index contributed by atoms with van der Waals surface area (Å²) in [6.45, 7) is 5.70. The summed E-state index contributed by atoms with van der Waals surface area (Å²) in [6.07, 6.45) is 2.25. The quantitative estimate of drug-likeness (QED) is 0.491. The molecule has 1 aliphatic heterocycles. The first-order valence-corrected chi connectivity index (χ1v) is 11.8. The van der Waals surface area contributed by atoms with E-state index in [0.29, 0.717) is 21.6 Å². The summed E-state index contributed by atoms with van der Waals surface area (Å²) in [5.41, 5.74) is 2.57. The first-order chi connectivity index (χ1) is 15.5. The summed E-state index contributed by atoms with van der Waals surface area (Å²) in [5, 5.41) is 12.7. The Kier molecular flexibility index (Phi) is 6.91. The molecule has 1 unspecified atom stereocenters. The van der Waals surface area contributed by atoms with Crippen molar-refractivity contribution in [3.8, 4) is 11.4 Å². The molecule has 0 saturated carbocycles. The van der Waals surface area contributed by atoms with Gasteiger partial charge in [0, 0.05) is 18.1 Å². The molecule has 1 amide bonds. The van der Waals surface area contributed by atoms with Gasteiger partial charge in [-0.2, -0.15) is 0 Å². The van der Waals surface area contributed by atoms with Crippen molar-refractivity contribution in [2.45, 2.75) is 37.1 Å². The first-order valence-electron chi connectivity index (χ1n) is 10.5. The van der Waals surface area contributed by atoms with Crippen LogP contribution in [0.5, 0.6) is 5.75 Å². The van der Waals surface area contributed by atoms with Crippen LogP contribution < -0.4 is 15.0 Å². The number of amides is 1. The molecule has 2 aromatic carbocycles. The highest BCUT2D eigenvalue weighted by Crippen LogP contribution is 2.32. The first kappa shape index (κ1) is 22.5. The lowest BCUT2D eigenvalue weighted by Crippen LogP contribution is -2.24. The van der Waals surface area contributed by atoms with E-state index in [4.69, 9.17) is 16.3 Å². The van der Waals surface area contributed by atoms with E-state index in [1.165, 1.54) is 11.8 Å². The highest BCUT2D eigenvalue weighted by Gasteiger charge is 2.25. The topological polar surface area (TPSA) is 72.3 Å². The van der Waals surface area contributed by atoms with Crippen molar-refractivity contribution in [2.24, 2.45) is 0 Å². The largest absolute Gasteiger partial charge is 0.495 e. The van der Waals surface area contributed by atoms with Crippen LogP contribution in [0, 0.1) is 6.92 Å². The molecule has 1 aromatic heterocycles. The summed E-state index contributed by atoms with van der Waals surface area (Å²) in [4.78, 5) is 15.2. The fourth-order valence-corrected chi connectivity index (χ4v) is 4.71.